The maximum atomic E-state index is 11.3. The normalized spacial score (nSPS) is 10.8. The predicted octanol–water partition coefficient (Wildman–Crippen LogP) is 0.744. The molecule has 0 aliphatic carbocycles. The van der Waals surface area contributed by atoms with Gasteiger partial charge in [-0.25, -0.2) is 10.8 Å². The van der Waals surface area contributed by atoms with Gasteiger partial charge in [0.05, 0.1) is 6.33 Å². The topological polar surface area (TPSA) is 112 Å². The first-order chi connectivity index (χ1) is 8.19. The highest BCUT2D eigenvalue weighted by Gasteiger charge is 2.12. The molecule has 0 bridgehead atoms. The Labute approximate surface area is 99.2 Å². The van der Waals surface area contributed by atoms with E-state index in [0.29, 0.717) is 0 Å². The lowest BCUT2D eigenvalue weighted by molar-refractivity contribution is 0.0950. The molecule has 0 fully saturated rings. The molecular formula is C9H17N7O. The van der Waals surface area contributed by atoms with Crippen molar-refractivity contribution in [2.24, 2.45) is 16.2 Å². The van der Waals surface area contributed by atoms with Gasteiger partial charge in [-0.15, -0.1) is 5.11 Å². The van der Waals surface area contributed by atoms with Gasteiger partial charge in [-0.05, 0) is 6.42 Å². The minimum atomic E-state index is -0.479. The third-order valence-electron chi connectivity index (χ3n) is 2.10. The van der Waals surface area contributed by atoms with Crippen LogP contribution in [0.1, 0.15) is 30.3 Å². The number of nitrogens with two attached hydrogens (primary N) is 1. The van der Waals surface area contributed by atoms with Crippen LogP contribution >= 0.6 is 0 Å². The summed E-state index contributed by atoms with van der Waals surface area (Å²) in [5, 5.41) is 9.51. The van der Waals surface area contributed by atoms with Crippen molar-refractivity contribution in [1.82, 2.24) is 20.4 Å². The fourth-order valence-corrected chi connectivity index (χ4v) is 1.15. The first-order valence-corrected chi connectivity index (χ1v) is 5.36. The van der Waals surface area contributed by atoms with Gasteiger partial charge in [0.25, 0.3) is 5.91 Å². The molecule has 0 unspecified atom stereocenters. The van der Waals surface area contributed by atoms with Crippen molar-refractivity contribution in [3.05, 3.63) is 12.0 Å². The highest BCUT2D eigenvalue weighted by Crippen LogP contribution is 2.13. The van der Waals surface area contributed by atoms with Crippen LogP contribution in [0, 0.1) is 0 Å². The van der Waals surface area contributed by atoms with Crippen LogP contribution in [0.5, 0.6) is 0 Å². The lowest BCUT2D eigenvalue weighted by Gasteiger charge is -2.09. The van der Waals surface area contributed by atoms with Crippen LogP contribution in [0.4, 0.5) is 5.82 Å². The average Bonchev–Trinajstić information content (AvgIpc) is 2.81. The molecule has 8 nitrogen and oxygen atoms in total. The Balaban J connectivity index is 2.65. The lowest BCUT2D eigenvalue weighted by atomic mass is 10.3. The zero-order valence-corrected chi connectivity index (χ0v) is 9.97. The number of nitrogen functional groups attached to an aromatic ring is 1. The number of H-pyrrole nitrogens is 1. The van der Waals surface area contributed by atoms with Crippen LogP contribution in [-0.4, -0.2) is 34.5 Å². The molecule has 1 heterocycles. The number of imidazole rings is 1. The highest BCUT2D eigenvalue weighted by atomic mass is 16.2. The monoisotopic (exact) mass is 239 g/mol. The van der Waals surface area contributed by atoms with E-state index in [0.717, 1.165) is 19.4 Å². The van der Waals surface area contributed by atoms with Crippen molar-refractivity contribution in [2.45, 2.75) is 19.8 Å². The van der Waals surface area contributed by atoms with Gasteiger partial charge < -0.3 is 4.98 Å². The minimum Gasteiger partial charge on any atom is -0.339 e. The van der Waals surface area contributed by atoms with Gasteiger partial charge in [-0.3, -0.25) is 15.2 Å². The number of unbranched alkanes of at least 4 members (excludes halogenated alkanes) is 1. The maximum Gasteiger partial charge on any atom is 0.285 e. The molecule has 0 aromatic carbocycles. The van der Waals surface area contributed by atoms with E-state index in [-0.39, 0.29) is 11.5 Å². The number of amides is 1. The van der Waals surface area contributed by atoms with Crippen molar-refractivity contribution in [3.8, 4) is 0 Å². The van der Waals surface area contributed by atoms with Crippen molar-refractivity contribution in [1.29, 1.82) is 0 Å². The fraction of sp³-hybridized carbons (Fsp3) is 0.556. The van der Waals surface area contributed by atoms with Gasteiger partial charge in [0, 0.05) is 13.6 Å². The summed E-state index contributed by atoms with van der Waals surface area (Å²) >= 11 is 0. The molecule has 4 N–H and O–H groups in total. The van der Waals surface area contributed by atoms with Crippen molar-refractivity contribution < 1.29 is 4.79 Å². The second kappa shape index (κ2) is 6.59. The summed E-state index contributed by atoms with van der Waals surface area (Å²) in [6, 6.07) is 0. The summed E-state index contributed by atoms with van der Waals surface area (Å²) in [5.74, 6) is 4.76. The van der Waals surface area contributed by atoms with Crippen molar-refractivity contribution >= 4 is 11.7 Å². The van der Waals surface area contributed by atoms with E-state index >= 15 is 0 Å². The largest absolute Gasteiger partial charge is 0.339 e. The quantitative estimate of drug-likeness (QED) is 0.294. The molecule has 1 amide bonds. The molecule has 17 heavy (non-hydrogen) atoms. The summed E-state index contributed by atoms with van der Waals surface area (Å²) in [7, 11) is 1.81. The molecule has 0 aliphatic rings. The Morgan fingerprint density at radius 3 is 3.12 bits per heavy atom. The molecule has 0 radical (unpaired) electrons. The van der Waals surface area contributed by atoms with E-state index in [1.165, 1.54) is 6.33 Å². The van der Waals surface area contributed by atoms with Crippen LogP contribution < -0.4 is 11.3 Å². The van der Waals surface area contributed by atoms with Gasteiger partial charge >= 0.3 is 0 Å². The number of nitrogens with zero attached hydrogens (tertiary/aromatic N) is 4. The van der Waals surface area contributed by atoms with E-state index < -0.39 is 5.91 Å². The average molecular weight is 239 g/mol. The zero-order chi connectivity index (χ0) is 12.7. The number of aromatic nitrogens is 2. The Bertz CT molecular complexity index is 386. The van der Waals surface area contributed by atoms with Crippen LogP contribution in [0.3, 0.4) is 0 Å². The third-order valence-corrected chi connectivity index (χ3v) is 2.10. The van der Waals surface area contributed by atoms with Gasteiger partial charge in [0.15, 0.2) is 5.69 Å². The maximum absolute atomic E-state index is 11.3. The summed E-state index contributed by atoms with van der Waals surface area (Å²) in [6.07, 6.45) is 3.49. The van der Waals surface area contributed by atoms with Crippen LogP contribution in [-0.2, 0) is 0 Å². The SMILES string of the molecule is CCCCN(C)/N=N/c1nc[nH]c1C(=O)NN. The number of hydrogen-bond acceptors (Lipinski definition) is 5. The predicted molar refractivity (Wildman–Crippen MR) is 62.3 cm³/mol. The van der Waals surface area contributed by atoms with E-state index in [4.69, 9.17) is 5.84 Å². The number of carbonyl (C=O) groups is 1. The van der Waals surface area contributed by atoms with E-state index in [9.17, 15) is 4.79 Å². The number of rotatable bonds is 6. The summed E-state index contributed by atoms with van der Waals surface area (Å²) in [4.78, 5) is 17.8. The Kier molecular flexibility index (Phi) is 5.08. The van der Waals surface area contributed by atoms with Crippen molar-refractivity contribution in [3.63, 3.8) is 0 Å². The third kappa shape index (κ3) is 3.83. The van der Waals surface area contributed by atoms with Gasteiger partial charge in [0.2, 0.25) is 5.82 Å². The molecule has 0 spiro atoms. The molecular weight excluding hydrogens is 222 g/mol. The summed E-state index contributed by atoms with van der Waals surface area (Å²) < 4.78 is 0. The lowest BCUT2D eigenvalue weighted by Crippen LogP contribution is -2.30. The molecule has 0 atom stereocenters. The molecule has 94 valence electrons. The molecule has 0 aliphatic heterocycles. The Hall–Kier alpha value is -1.96. The van der Waals surface area contributed by atoms with E-state index in [2.05, 4.69) is 27.2 Å². The van der Waals surface area contributed by atoms with Crippen LogP contribution in [0.25, 0.3) is 0 Å². The van der Waals surface area contributed by atoms with E-state index in [1.54, 1.807) is 5.01 Å². The molecule has 1 aromatic rings. The number of hydrogen-bond donors (Lipinski definition) is 3. The Morgan fingerprint density at radius 1 is 1.71 bits per heavy atom. The van der Waals surface area contributed by atoms with Crippen LogP contribution in [0.2, 0.25) is 0 Å². The molecule has 1 aromatic heterocycles. The number of aromatic amines is 1. The summed E-state index contributed by atoms with van der Waals surface area (Å²) in [5.41, 5.74) is 2.20. The fourth-order valence-electron chi connectivity index (χ4n) is 1.15. The minimum absolute atomic E-state index is 0.195. The standard InChI is InChI=1S/C9H17N7O/c1-3-4-5-16(2)15-14-8-7(9(17)13-10)11-6-12-8/h6H,3-5,10H2,1-2H3,(H,11,12)(H,13,17)/b15-14+. The number of nitrogens with one attached hydrogen (secondary N) is 2. The van der Waals surface area contributed by atoms with Gasteiger partial charge in [-0.2, -0.15) is 0 Å². The highest BCUT2D eigenvalue weighted by molar-refractivity contribution is 5.95. The van der Waals surface area contributed by atoms with Crippen LogP contribution in [0.15, 0.2) is 16.7 Å². The second-order valence-electron chi connectivity index (χ2n) is 3.50. The first-order valence-electron chi connectivity index (χ1n) is 5.36. The molecule has 1 rings (SSSR count). The Morgan fingerprint density at radius 2 is 2.47 bits per heavy atom. The number of hydrazine groups is 1. The van der Waals surface area contributed by atoms with Gasteiger partial charge in [-0.1, -0.05) is 18.6 Å². The van der Waals surface area contributed by atoms with Gasteiger partial charge in [0.1, 0.15) is 0 Å². The number of carbonyl (C=O) groups excluding carboxylic acids is 1. The first kappa shape index (κ1) is 13.1. The molecule has 0 saturated heterocycles. The molecule has 8 heteroatoms. The zero-order valence-electron chi connectivity index (χ0n) is 9.97. The second-order valence-corrected chi connectivity index (χ2v) is 3.50. The van der Waals surface area contributed by atoms with Crippen molar-refractivity contribution in [2.75, 3.05) is 13.6 Å². The summed E-state index contributed by atoms with van der Waals surface area (Å²) in [6.45, 7) is 2.91. The van der Waals surface area contributed by atoms with E-state index in [1.807, 2.05) is 12.5 Å². The smallest absolute Gasteiger partial charge is 0.285 e. The molecule has 0 saturated carbocycles.